The molecule has 2 rings (SSSR count). The van der Waals surface area contributed by atoms with Crippen LogP contribution in [-0.2, 0) is 11.4 Å². The molecule has 1 unspecified atom stereocenters. The largest absolute Gasteiger partial charge is 0.593 e. The van der Waals surface area contributed by atoms with Crippen molar-refractivity contribution in [2.45, 2.75) is 4.90 Å². The van der Waals surface area contributed by atoms with Crippen LogP contribution in [0.2, 0.25) is 0 Å². The minimum atomic E-state index is -1.46. The van der Waals surface area contributed by atoms with E-state index in [0.717, 1.165) is 0 Å². The third-order valence-electron chi connectivity index (χ3n) is 1.58. The van der Waals surface area contributed by atoms with E-state index in [-0.39, 0.29) is 6.79 Å². The van der Waals surface area contributed by atoms with E-state index in [1.165, 1.54) is 0 Å². The minimum Gasteiger partial charge on any atom is -0.593 e. The summed E-state index contributed by atoms with van der Waals surface area (Å²) in [6.45, 7) is 0.218. The van der Waals surface area contributed by atoms with Gasteiger partial charge in [-0.25, -0.2) is 0 Å². The quantitative estimate of drug-likeness (QED) is 0.643. The molecule has 1 aromatic rings. The average Bonchev–Trinajstić information content (AvgIpc) is 2.49. The third kappa shape index (κ3) is 1.22. The second-order valence-electron chi connectivity index (χ2n) is 2.31. The van der Waals surface area contributed by atoms with E-state index in [9.17, 15) is 4.55 Å². The van der Waals surface area contributed by atoms with Gasteiger partial charge in [0.25, 0.3) is 0 Å². The molecular formula is C7H7NO3S. The van der Waals surface area contributed by atoms with Gasteiger partial charge >= 0.3 is 0 Å². The molecule has 4 nitrogen and oxygen atoms in total. The summed E-state index contributed by atoms with van der Waals surface area (Å²) in [7, 11) is 0. The summed E-state index contributed by atoms with van der Waals surface area (Å²) in [4.78, 5) is 0.541. The number of benzene rings is 1. The Labute approximate surface area is 72.6 Å². The Balaban J connectivity index is 2.39. The van der Waals surface area contributed by atoms with Crippen molar-refractivity contribution in [1.82, 2.24) is 0 Å². The van der Waals surface area contributed by atoms with Gasteiger partial charge < -0.3 is 14.0 Å². The van der Waals surface area contributed by atoms with Gasteiger partial charge in [0.2, 0.25) is 6.79 Å². The first-order valence-corrected chi connectivity index (χ1v) is 4.54. The number of rotatable bonds is 1. The Morgan fingerprint density at radius 3 is 2.83 bits per heavy atom. The predicted molar refractivity (Wildman–Crippen MR) is 43.2 cm³/mol. The van der Waals surface area contributed by atoms with Gasteiger partial charge in [-0.1, -0.05) is 0 Å². The normalized spacial score (nSPS) is 16.2. The summed E-state index contributed by atoms with van der Waals surface area (Å²) < 4.78 is 21.0. The van der Waals surface area contributed by atoms with Crippen LogP contribution >= 0.6 is 0 Å². The van der Waals surface area contributed by atoms with Crippen LogP contribution in [0.5, 0.6) is 11.5 Å². The van der Waals surface area contributed by atoms with Gasteiger partial charge in [0.1, 0.15) is 0 Å². The molecule has 0 aliphatic carbocycles. The standard InChI is InChI=1S/C7H7NO3S/c8-12(9)5-1-2-6-7(3-5)11-4-10-6/h1-3H,4,8H2. The minimum absolute atomic E-state index is 0.218. The fourth-order valence-electron chi connectivity index (χ4n) is 1.00. The molecule has 5 heteroatoms. The maximum absolute atomic E-state index is 10.8. The summed E-state index contributed by atoms with van der Waals surface area (Å²) in [5.74, 6) is 1.27. The fourth-order valence-corrected chi connectivity index (χ4v) is 1.43. The monoisotopic (exact) mass is 185 g/mol. The van der Waals surface area contributed by atoms with Crippen molar-refractivity contribution >= 4 is 11.4 Å². The van der Waals surface area contributed by atoms with Gasteiger partial charge in [0.15, 0.2) is 16.4 Å². The van der Waals surface area contributed by atoms with E-state index in [0.29, 0.717) is 16.4 Å². The number of hydrogen-bond acceptors (Lipinski definition) is 4. The van der Waals surface area contributed by atoms with E-state index in [4.69, 9.17) is 14.6 Å². The maximum Gasteiger partial charge on any atom is 0.231 e. The van der Waals surface area contributed by atoms with Crippen molar-refractivity contribution in [3.63, 3.8) is 0 Å². The lowest BCUT2D eigenvalue weighted by molar-refractivity contribution is 0.174. The van der Waals surface area contributed by atoms with Gasteiger partial charge in [-0.15, -0.1) is 5.14 Å². The Kier molecular flexibility index (Phi) is 1.84. The van der Waals surface area contributed by atoms with Crippen molar-refractivity contribution < 1.29 is 14.0 Å². The average molecular weight is 185 g/mol. The number of nitrogens with two attached hydrogens (primary N) is 1. The molecule has 0 amide bonds. The van der Waals surface area contributed by atoms with Crippen LogP contribution in [0, 0.1) is 0 Å². The summed E-state index contributed by atoms with van der Waals surface area (Å²) in [6, 6.07) is 4.98. The van der Waals surface area contributed by atoms with Crippen LogP contribution in [-0.4, -0.2) is 11.3 Å². The first-order chi connectivity index (χ1) is 5.77. The highest BCUT2D eigenvalue weighted by atomic mass is 32.2. The molecule has 1 aliphatic rings. The first kappa shape index (κ1) is 7.72. The smallest absolute Gasteiger partial charge is 0.231 e. The van der Waals surface area contributed by atoms with Crippen LogP contribution in [0.15, 0.2) is 23.1 Å². The van der Waals surface area contributed by atoms with Crippen molar-refractivity contribution in [1.29, 1.82) is 0 Å². The zero-order valence-electron chi connectivity index (χ0n) is 6.15. The number of ether oxygens (including phenoxy) is 2. The SMILES string of the molecule is N[S+]([O-])c1ccc2c(c1)OCO2. The lowest BCUT2D eigenvalue weighted by atomic mass is 10.3. The molecule has 0 spiro atoms. The molecule has 1 heterocycles. The van der Waals surface area contributed by atoms with Gasteiger partial charge in [-0.3, -0.25) is 0 Å². The van der Waals surface area contributed by atoms with Crippen LogP contribution < -0.4 is 14.6 Å². The molecule has 0 bridgehead atoms. The van der Waals surface area contributed by atoms with Crippen molar-refractivity contribution in [2.24, 2.45) is 5.14 Å². The van der Waals surface area contributed by atoms with Crippen LogP contribution in [0.1, 0.15) is 0 Å². The molecule has 0 aromatic heterocycles. The third-order valence-corrected chi connectivity index (χ3v) is 2.29. The van der Waals surface area contributed by atoms with Gasteiger partial charge in [-0.2, -0.15) is 0 Å². The Morgan fingerprint density at radius 2 is 2.08 bits per heavy atom. The fraction of sp³-hybridized carbons (Fsp3) is 0.143. The molecule has 1 aromatic carbocycles. The van der Waals surface area contributed by atoms with E-state index in [2.05, 4.69) is 0 Å². The molecule has 12 heavy (non-hydrogen) atoms. The predicted octanol–water partition coefficient (Wildman–Crippen LogP) is 0.397. The van der Waals surface area contributed by atoms with Crippen molar-refractivity contribution in [3.05, 3.63) is 18.2 Å². The molecule has 1 aliphatic heterocycles. The Hall–Kier alpha value is -0.910. The van der Waals surface area contributed by atoms with Crippen molar-refractivity contribution in [3.8, 4) is 11.5 Å². The summed E-state index contributed by atoms with van der Waals surface area (Å²) >= 11 is -1.46. The van der Waals surface area contributed by atoms with E-state index >= 15 is 0 Å². The molecule has 0 fully saturated rings. The number of hydrogen-bond donors (Lipinski definition) is 1. The Bertz CT molecular complexity index is 303. The lowest BCUT2D eigenvalue weighted by Crippen LogP contribution is -2.11. The van der Waals surface area contributed by atoms with E-state index < -0.39 is 11.4 Å². The maximum atomic E-state index is 10.8. The molecule has 2 N–H and O–H groups in total. The highest BCUT2D eigenvalue weighted by Crippen LogP contribution is 2.33. The van der Waals surface area contributed by atoms with Crippen molar-refractivity contribution in [2.75, 3.05) is 6.79 Å². The molecule has 0 radical (unpaired) electrons. The topological polar surface area (TPSA) is 67.5 Å². The van der Waals surface area contributed by atoms with Gasteiger partial charge in [0.05, 0.1) is 11.4 Å². The van der Waals surface area contributed by atoms with Crippen LogP contribution in [0.4, 0.5) is 0 Å². The molecule has 1 atom stereocenters. The second-order valence-corrected chi connectivity index (χ2v) is 3.38. The summed E-state index contributed by atoms with van der Waals surface area (Å²) in [5, 5.41) is 5.18. The summed E-state index contributed by atoms with van der Waals surface area (Å²) in [6.07, 6.45) is 0. The second kappa shape index (κ2) is 2.85. The lowest BCUT2D eigenvalue weighted by Gasteiger charge is -2.02. The Morgan fingerprint density at radius 1 is 1.33 bits per heavy atom. The van der Waals surface area contributed by atoms with Gasteiger partial charge in [0, 0.05) is 6.07 Å². The number of fused-ring (bicyclic) bond motifs is 1. The molecule has 0 saturated carbocycles. The zero-order valence-corrected chi connectivity index (χ0v) is 6.97. The van der Waals surface area contributed by atoms with E-state index in [1.807, 2.05) is 0 Å². The first-order valence-electron chi connectivity index (χ1n) is 3.33. The van der Waals surface area contributed by atoms with Crippen LogP contribution in [0.3, 0.4) is 0 Å². The summed E-state index contributed by atoms with van der Waals surface area (Å²) in [5.41, 5.74) is 0. The van der Waals surface area contributed by atoms with Crippen LogP contribution in [0.25, 0.3) is 0 Å². The molecular weight excluding hydrogens is 178 g/mol. The molecule has 0 saturated heterocycles. The highest BCUT2D eigenvalue weighted by Gasteiger charge is 2.16. The molecule has 64 valence electrons. The van der Waals surface area contributed by atoms with E-state index in [1.54, 1.807) is 18.2 Å². The highest BCUT2D eigenvalue weighted by molar-refractivity contribution is 7.89. The van der Waals surface area contributed by atoms with Gasteiger partial charge in [-0.05, 0) is 12.1 Å². The zero-order chi connectivity index (χ0) is 8.55.